The van der Waals surface area contributed by atoms with Gasteiger partial charge in [0.25, 0.3) is 5.91 Å². The molecule has 9 heteroatoms. The molecule has 1 aliphatic heterocycles. The molecule has 0 spiro atoms. The van der Waals surface area contributed by atoms with Gasteiger partial charge in [0.2, 0.25) is 5.76 Å². The molecule has 1 amide bonds. The number of hydrogen-bond donors (Lipinski definition) is 0. The van der Waals surface area contributed by atoms with Crippen molar-refractivity contribution >= 4 is 16.9 Å². The molecule has 40 heavy (non-hydrogen) atoms. The number of carbonyl (C=O) groups is 1. The number of fused-ring (bicyclic) bond motifs is 2. The summed E-state index contributed by atoms with van der Waals surface area (Å²) in [5, 5.41) is 0.0780. The molecule has 2 heterocycles. The molecule has 0 fully saturated rings. The standard InChI is InChI=1S/C31H30FNO7/c1-5-38-24-11-8-19(16-26(24)39-6-2)28-27-29(34)21-17-20(32)9-12-22(21)40-30(27)31(35)33(28)14-13-18-7-10-23(36-3)25(15-18)37-4/h7-12,15-17,28H,5-6,13-14H2,1-4H3. The van der Waals surface area contributed by atoms with Crippen molar-refractivity contribution in [3.8, 4) is 23.0 Å². The summed E-state index contributed by atoms with van der Waals surface area (Å²) in [6, 6.07) is 13.8. The van der Waals surface area contributed by atoms with Crippen LogP contribution in [0.1, 0.15) is 47.1 Å². The number of ether oxygens (including phenoxy) is 4. The van der Waals surface area contributed by atoms with E-state index < -0.39 is 23.2 Å². The first kappa shape index (κ1) is 27.1. The lowest BCUT2D eigenvalue weighted by Gasteiger charge is -2.26. The zero-order chi connectivity index (χ0) is 28.4. The predicted octanol–water partition coefficient (Wildman–Crippen LogP) is 5.53. The lowest BCUT2D eigenvalue weighted by molar-refractivity contribution is 0.0729. The highest BCUT2D eigenvalue weighted by atomic mass is 19.1. The summed E-state index contributed by atoms with van der Waals surface area (Å²) in [7, 11) is 3.13. The Morgan fingerprint density at radius 3 is 2.30 bits per heavy atom. The van der Waals surface area contributed by atoms with Crippen LogP contribution in [0.3, 0.4) is 0 Å². The van der Waals surface area contributed by atoms with Gasteiger partial charge in [0, 0.05) is 6.54 Å². The number of hydrogen-bond acceptors (Lipinski definition) is 7. The van der Waals surface area contributed by atoms with Crippen LogP contribution in [0, 0.1) is 5.82 Å². The molecule has 1 aliphatic rings. The zero-order valence-electron chi connectivity index (χ0n) is 22.8. The largest absolute Gasteiger partial charge is 0.493 e. The molecule has 0 bridgehead atoms. The number of carbonyl (C=O) groups excluding carboxylic acids is 1. The van der Waals surface area contributed by atoms with Crippen LogP contribution in [0.25, 0.3) is 11.0 Å². The molecule has 0 saturated carbocycles. The van der Waals surface area contributed by atoms with E-state index in [2.05, 4.69) is 0 Å². The van der Waals surface area contributed by atoms with Gasteiger partial charge in [-0.25, -0.2) is 4.39 Å². The van der Waals surface area contributed by atoms with E-state index in [1.807, 2.05) is 26.0 Å². The summed E-state index contributed by atoms with van der Waals surface area (Å²) in [5.74, 6) is 1.20. The number of amides is 1. The summed E-state index contributed by atoms with van der Waals surface area (Å²) in [5.41, 5.74) is 1.43. The molecule has 0 radical (unpaired) electrons. The molecule has 0 N–H and O–H groups in total. The molecule has 3 aromatic carbocycles. The molecule has 0 aliphatic carbocycles. The number of benzene rings is 3. The van der Waals surface area contributed by atoms with Gasteiger partial charge in [-0.2, -0.15) is 0 Å². The second-order valence-electron chi connectivity index (χ2n) is 9.23. The van der Waals surface area contributed by atoms with Gasteiger partial charge in [-0.1, -0.05) is 12.1 Å². The maximum Gasteiger partial charge on any atom is 0.290 e. The summed E-state index contributed by atoms with van der Waals surface area (Å²) in [4.78, 5) is 29.2. The number of rotatable bonds is 10. The van der Waals surface area contributed by atoms with E-state index in [0.29, 0.717) is 48.2 Å². The molecule has 4 aromatic rings. The van der Waals surface area contributed by atoms with Gasteiger partial charge in [0.05, 0.1) is 44.4 Å². The van der Waals surface area contributed by atoms with Crippen molar-refractivity contribution < 1.29 is 32.5 Å². The normalized spacial score (nSPS) is 14.4. The Hall–Kier alpha value is -4.53. The Balaban J connectivity index is 1.62. The van der Waals surface area contributed by atoms with Gasteiger partial charge in [-0.05, 0) is 73.9 Å². The summed E-state index contributed by atoms with van der Waals surface area (Å²) >= 11 is 0. The first-order valence-electron chi connectivity index (χ1n) is 13.1. The minimum Gasteiger partial charge on any atom is -0.493 e. The lowest BCUT2D eigenvalue weighted by Crippen LogP contribution is -2.31. The van der Waals surface area contributed by atoms with Crippen molar-refractivity contribution in [3.05, 3.63) is 93.1 Å². The monoisotopic (exact) mass is 547 g/mol. The van der Waals surface area contributed by atoms with Crippen molar-refractivity contribution in [2.24, 2.45) is 0 Å². The van der Waals surface area contributed by atoms with E-state index in [1.165, 1.54) is 12.1 Å². The van der Waals surface area contributed by atoms with E-state index in [-0.39, 0.29) is 28.8 Å². The van der Waals surface area contributed by atoms with E-state index >= 15 is 0 Å². The van der Waals surface area contributed by atoms with E-state index in [4.69, 9.17) is 23.4 Å². The molecule has 1 aromatic heterocycles. The Labute approximate surface area is 230 Å². The van der Waals surface area contributed by atoms with Gasteiger partial charge in [-0.3, -0.25) is 9.59 Å². The van der Waals surface area contributed by atoms with Crippen LogP contribution in [-0.2, 0) is 6.42 Å². The Morgan fingerprint density at radius 2 is 1.57 bits per heavy atom. The SMILES string of the molecule is CCOc1ccc(C2c3c(oc4ccc(F)cc4c3=O)C(=O)N2CCc2ccc(OC)c(OC)c2)cc1OCC. The maximum absolute atomic E-state index is 14.1. The maximum atomic E-state index is 14.1. The summed E-state index contributed by atoms with van der Waals surface area (Å²) in [6.07, 6.45) is 0.467. The smallest absolute Gasteiger partial charge is 0.290 e. The highest BCUT2D eigenvalue weighted by Crippen LogP contribution is 2.41. The number of methoxy groups -OCH3 is 2. The topological polar surface area (TPSA) is 87.4 Å². The van der Waals surface area contributed by atoms with Crippen molar-refractivity contribution in [1.82, 2.24) is 4.90 Å². The van der Waals surface area contributed by atoms with E-state index in [0.717, 1.165) is 11.6 Å². The molecular formula is C31H30FNO7. The minimum atomic E-state index is -0.776. The van der Waals surface area contributed by atoms with Crippen LogP contribution < -0.4 is 24.4 Å². The van der Waals surface area contributed by atoms with Gasteiger partial charge < -0.3 is 28.3 Å². The third-order valence-electron chi connectivity index (χ3n) is 6.90. The van der Waals surface area contributed by atoms with Crippen molar-refractivity contribution in [2.75, 3.05) is 34.0 Å². The Morgan fingerprint density at radius 1 is 0.850 bits per heavy atom. The highest BCUT2D eigenvalue weighted by Gasteiger charge is 2.42. The summed E-state index contributed by atoms with van der Waals surface area (Å²) < 4.78 is 42.4. The average molecular weight is 548 g/mol. The molecule has 0 saturated heterocycles. The first-order valence-corrected chi connectivity index (χ1v) is 13.1. The molecule has 8 nitrogen and oxygen atoms in total. The second kappa shape index (κ2) is 11.3. The van der Waals surface area contributed by atoms with Crippen LogP contribution in [-0.4, -0.2) is 44.8 Å². The molecular weight excluding hydrogens is 517 g/mol. The van der Waals surface area contributed by atoms with Crippen LogP contribution in [0.4, 0.5) is 4.39 Å². The van der Waals surface area contributed by atoms with Gasteiger partial charge in [-0.15, -0.1) is 0 Å². The van der Waals surface area contributed by atoms with Gasteiger partial charge >= 0.3 is 0 Å². The highest BCUT2D eigenvalue weighted by molar-refractivity contribution is 5.99. The van der Waals surface area contributed by atoms with Crippen molar-refractivity contribution in [3.63, 3.8) is 0 Å². The third kappa shape index (κ3) is 4.83. The molecule has 5 rings (SSSR count). The quantitative estimate of drug-likeness (QED) is 0.258. The molecule has 208 valence electrons. The fourth-order valence-corrected chi connectivity index (χ4v) is 5.09. The number of halogens is 1. The Kier molecular flexibility index (Phi) is 7.64. The van der Waals surface area contributed by atoms with E-state index in [9.17, 15) is 14.0 Å². The van der Waals surface area contributed by atoms with Crippen LogP contribution in [0.15, 0.2) is 63.8 Å². The Bertz CT molecular complexity index is 1630. The first-order chi connectivity index (χ1) is 19.4. The molecule has 1 atom stereocenters. The predicted molar refractivity (Wildman–Crippen MR) is 147 cm³/mol. The van der Waals surface area contributed by atoms with Crippen molar-refractivity contribution in [2.45, 2.75) is 26.3 Å². The average Bonchev–Trinajstić information content (AvgIpc) is 3.24. The van der Waals surface area contributed by atoms with Gasteiger partial charge in [0.1, 0.15) is 11.4 Å². The fourth-order valence-electron chi connectivity index (χ4n) is 5.09. The summed E-state index contributed by atoms with van der Waals surface area (Å²) in [6.45, 7) is 4.86. The van der Waals surface area contributed by atoms with Gasteiger partial charge in [0.15, 0.2) is 28.4 Å². The number of nitrogens with zero attached hydrogens (tertiary/aromatic N) is 1. The van der Waals surface area contributed by atoms with Crippen LogP contribution >= 0.6 is 0 Å². The van der Waals surface area contributed by atoms with Crippen LogP contribution in [0.5, 0.6) is 23.0 Å². The third-order valence-corrected chi connectivity index (χ3v) is 6.90. The minimum absolute atomic E-state index is 0.0479. The fraction of sp³-hybridized carbons (Fsp3) is 0.290. The van der Waals surface area contributed by atoms with Crippen LogP contribution in [0.2, 0.25) is 0 Å². The molecule has 1 unspecified atom stereocenters. The lowest BCUT2D eigenvalue weighted by atomic mass is 9.97. The van der Waals surface area contributed by atoms with E-state index in [1.54, 1.807) is 43.4 Å². The second-order valence-corrected chi connectivity index (χ2v) is 9.23. The zero-order valence-corrected chi connectivity index (χ0v) is 22.8. The van der Waals surface area contributed by atoms with Crippen molar-refractivity contribution in [1.29, 1.82) is 0 Å².